The molecule has 1 fully saturated rings. The molecule has 0 radical (unpaired) electrons. The first-order chi connectivity index (χ1) is 10.1. The molecule has 1 aromatic carbocycles. The molecule has 21 heavy (non-hydrogen) atoms. The van der Waals surface area contributed by atoms with Gasteiger partial charge in [0, 0.05) is 19.2 Å². The zero-order valence-corrected chi connectivity index (χ0v) is 12.0. The molecule has 0 unspecified atom stereocenters. The summed E-state index contributed by atoms with van der Waals surface area (Å²) in [5.41, 5.74) is 0.921. The summed E-state index contributed by atoms with van der Waals surface area (Å²) >= 11 is 0. The summed E-state index contributed by atoms with van der Waals surface area (Å²) in [6, 6.07) is 7.42. The Morgan fingerprint density at radius 3 is 2.38 bits per heavy atom. The fraction of sp³-hybridized carbons (Fsp3) is 0.375. The number of piperidine rings is 1. The second-order valence-electron chi connectivity index (χ2n) is 5.04. The van der Waals surface area contributed by atoms with Gasteiger partial charge in [-0.05, 0) is 36.6 Å². The average molecular weight is 289 g/mol. The molecule has 0 aromatic heterocycles. The van der Waals surface area contributed by atoms with Crippen LogP contribution in [0.5, 0.6) is 5.75 Å². The molecule has 1 N–H and O–H groups in total. The third-order valence-corrected chi connectivity index (χ3v) is 3.69. The Bertz CT molecular complexity index is 528. The highest BCUT2D eigenvalue weighted by atomic mass is 16.5. The van der Waals surface area contributed by atoms with Gasteiger partial charge in [0.1, 0.15) is 5.75 Å². The van der Waals surface area contributed by atoms with Crippen LogP contribution in [-0.4, -0.2) is 42.1 Å². The number of aliphatic carboxylic acids is 1. The molecule has 2 rings (SSSR count). The van der Waals surface area contributed by atoms with Gasteiger partial charge in [0.2, 0.25) is 5.91 Å². The van der Waals surface area contributed by atoms with Crippen LogP contribution in [0.15, 0.2) is 30.3 Å². The number of amides is 1. The predicted molar refractivity (Wildman–Crippen MR) is 79.0 cm³/mol. The Balaban J connectivity index is 1.89. The first kappa shape index (κ1) is 15.1. The summed E-state index contributed by atoms with van der Waals surface area (Å²) < 4.78 is 5.07. The minimum atomic E-state index is -0.768. The molecule has 5 heteroatoms. The minimum absolute atomic E-state index is 0.0744. The maximum Gasteiger partial charge on any atom is 0.306 e. The van der Waals surface area contributed by atoms with Gasteiger partial charge in [-0.1, -0.05) is 12.1 Å². The van der Waals surface area contributed by atoms with Gasteiger partial charge in [-0.25, -0.2) is 0 Å². The molecule has 0 atom stereocenters. The first-order valence-corrected chi connectivity index (χ1v) is 6.94. The van der Waals surface area contributed by atoms with E-state index < -0.39 is 5.97 Å². The fourth-order valence-electron chi connectivity index (χ4n) is 2.33. The van der Waals surface area contributed by atoms with Crippen LogP contribution >= 0.6 is 0 Å². The number of benzene rings is 1. The number of nitrogens with zero attached hydrogens (tertiary/aromatic N) is 1. The molecular formula is C16H19NO4. The molecule has 0 bridgehead atoms. The lowest BCUT2D eigenvalue weighted by Gasteiger charge is -2.29. The summed E-state index contributed by atoms with van der Waals surface area (Å²) in [4.78, 5) is 24.6. The smallest absolute Gasteiger partial charge is 0.306 e. The summed E-state index contributed by atoms with van der Waals surface area (Å²) in [6.45, 7) is 1.01. The van der Waals surface area contributed by atoms with Crippen molar-refractivity contribution in [2.45, 2.75) is 12.8 Å². The van der Waals surface area contributed by atoms with Gasteiger partial charge in [0.25, 0.3) is 0 Å². The van der Waals surface area contributed by atoms with E-state index in [4.69, 9.17) is 9.84 Å². The number of carboxylic acids is 1. The van der Waals surface area contributed by atoms with Crippen molar-refractivity contribution in [3.05, 3.63) is 35.9 Å². The molecular weight excluding hydrogens is 270 g/mol. The van der Waals surface area contributed by atoms with E-state index in [1.54, 1.807) is 18.1 Å². The summed E-state index contributed by atoms with van der Waals surface area (Å²) in [6.07, 6.45) is 4.34. The molecule has 1 heterocycles. The molecule has 0 spiro atoms. The zero-order chi connectivity index (χ0) is 15.2. The van der Waals surface area contributed by atoms with E-state index >= 15 is 0 Å². The molecule has 1 saturated heterocycles. The average Bonchev–Trinajstić information content (AvgIpc) is 2.53. The van der Waals surface area contributed by atoms with Crippen molar-refractivity contribution in [1.82, 2.24) is 4.90 Å². The lowest BCUT2D eigenvalue weighted by Crippen LogP contribution is -2.39. The van der Waals surface area contributed by atoms with E-state index in [9.17, 15) is 9.59 Å². The Hall–Kier alpha value is -2.30. The van der Waals surface area contributed by atoms with E-state index in [1.807, 2.05) is 24.3 Å². The highest BCUT2D eigenvalue weighted by Crippen LogP contribution is 2.18. The van der Waals surface area contributed by atoms with Crippen molar-refractivity contribution < 1.29 is 19.4 Å². The van der Waals surface area contributed by atoms with Crippen LogP contribution in [0.4, 0.5) is 0 Å². The van der Waals surface area contributed by atoms with Gasteiger partial charge in [-0.3, -0.25) is 9.59 Å². The number of hydrogen-bond donors (Lipinski definition) is 1. The molecule has 1 aliphatic rings. The van der Waals surface area contributed by atoms with E-state index in [-0.39, 0.29) is 11.8 Å². The van der Waals surface area contributed by atoms with E-state index in [0.29, 0.717) is 25.9 Å². The van der Waals surface area contributed by atoms with Gasteiger partial charge in [-0.15, -0.1) is 0 Å². The van der Waals surface area contributed by atoms with Crippen molar-refractivity contribution in [2.24, 2.45) is 5.92 Å². The van der Waals surface area contributed by atoms with E-state index in [2.05, 4.69) is 0 Å². The van der Waals surface area contributed by atoms with Crippen LogP contribution in [-0.2, 0) is 9.59 Å². The van der Waals surface area contributed by atoms with Crippen molar-refractivity contribution in [2.75, 3.05) is 20.2 Å². The van der Waals surface area contributed by atoms with Crippen LogP contribution in [0.1, 0.15) is 18.4 Å². The van der Waals surface area contributed by atoms with Gasteiger partial charge in [0.05, 0.1) is 13.0 Å². The Morgan fingerprint density at radius 2 is 1.86 bits per heavy atom. The molecule has 1 aliphatic heterocycles. The number of carbonyl (C=O) groups is 2. The molecule has 0 aliphatic carbocycles. The molecule has 112 valence electrons. The lowest BCUT2D eigenvalue weighted by molar-refractivity contribution is -0.144. The minimum Gasteiger partial charge on any atom is -0.497 e. The molecule has 5 nitrogen and oxygen atoms in total. The van der Waals surface area contributed by atoms with E-state index in [1.165, 1.54) is 6.08 Å². The number of rotatable bonds is 4. The van der Waals surface area contributed by atoms with E-state index in [0.717, 1.165) is 11.3 Å². The number of likely N-dealkylation sites (tertiary alicyclic amines) is 1. The van der Waals surface area contributed by atoms with Crippen molar-refractivity contribution in [1.29, 1.82) is 0 Å². The van der Waals surface area contributed by atoms with Gasteiger partial charge in [-0.2, -0.15) is 0 Å². The van der Waals surface area contributed by atoms with Crippen molar-refractivity contribution in [3.8, 4) is 5.75 Å². The predicted octanol–water partition coefficient (Wildman–Crippen LogP) is 2.03. The van der Waals surface area contributed by atoms with Crippen LogP contribution in [0.3, 0.4) is 0 Å². The van der Waals surface area contributed by atoms with Crippen LogP contribution < -0.4 is 4.74 Å². The number of carboxylic acid groups (broad SMARTS) is 1. The monoisotopic (exact) mass is 289 g/mol. The summed E-state index contributed by atoms with van der Waals surface area (Å²) in [5.74, 6) is -0.389. The normalized spacial score (nSPS) is 16.1. The molecule has 1 amide bonds. The zero-order valence-electron chi connectivity index (χ0n) is 12.0. The van der Waals surface area contributed by atoms with Gasteiger partial charge < -0.3 is 14.7 Å². The third-order valence-electron chi connectivity index (χ3n) is 3.69. The maximum absolute atomic E-state index is 12.0. The molecule has 1 aromatic rings. The third kappa shape index (κ3) is 4.08. The second kappa shape index (κ2) is 6.92. The SMILES string of the molecule is COc1ccc(C=CC(=O)N2CCC(C(=O)O)CC2)cc1. The van der Waals surface area contributed by atoms with Crippen LogP contribution in [0, 0.1) is 5.92 Å². The largest absolute Gasteiger partial charge is 0.497 e. The highest BCUT2D eigenvalue weighted by molar-refractivity contribution is 5.92. The van der Waals surface area contributed by atoms with Crippen LogP contribution in [0.2, 0.25) is 0 Å². The Labute approximate surface area is 123 Å². The van der Waals surface area contributed by atoms with Crippen molar-refractivity contribution >= 4 is 18.0 Å². The highest BCUT2D eigenvalue weighted by Gasteiger charge is 2.25. The number of hydrogen-bond acceptors (Lipinski definition) is 3. The Kier molecular flexibility index (Phi) is 4.98. The number of carbonyl (C=O) groups excluding carboxylic acids is 1. The second-order valence-corrected chi connectivity index (χ2v) is 5.04. The first-order valence-electron chi connectivity index (χ1n) is 6.94. The van der Waals surface area contributed by atoms with Crippen LogP contribution in [0.25, 0.3) is 6.08 Å². The fourth-order valence-corrected chi connectivity index (χ4v) is 2.33. The Morgan fingerprint density at radius 1 is 1.24 bits per heavy atom. The maximum atomic E-state index is 12.0. The molecule has 0 saturated carbocycles. The van der Waals surface area contributed by atoms with Crippen molar-refractivity contribution in [3.63, 3.8) is 0 Å². The quantitative estimate of drug-likeness (QED) is 0.861. The topological polar surface area (TPSA) is 66.8 Å². The number of ether oxygens (including phenoxy) is 1. The lowest BCUT2D eigenvalue weighted by atomic mass is 9.97. The standard InChI is InChI=1S/C16H19NO4/c1-21-14-5-2-12(3-6-14)4-7-15(18)17-10-8-13(9-11-17)16(19)20/h2-7,13H,8-11H2,1H3,(H,19,20). The number of methoxy groups -OCH3 is 1. The van der Waals surface area contributed by atoms with Gasteiger partial charge >= 0.3 is 5.97 Å². The van der Waals surface area contributed by atoms with Gasteiger partial charge in [0.15, 0.2) is 0 Å². The summed E-state index contributed by atoms with van der Waals surface area (Å²) in [5, 5.41) is 8.93. The summed E-state index contributed by atoms with van der Waals surface area (Å²) in [7, 11) is 1.61.